The molecular formula is C20H22N4O2. The van der Waals surface area contributed by atoms with E-state index in [1.54, 1.807) is 17.7 Å². The van der Waals surface area contributed by atoms with Crippen LogP contribution in [0, 0.1) is 0 Å². The number of fused-ring (bicyclic) bond motifs is 2. The maximum absolute atomic E-state index is 12.5. The van der Waals surface area contributed by atoms with Gasteiger partial charge in [0.1, 0.15) is 11.4 Å². The zero-order valence-electron chi connectivity index (χ0n) is 14.8. The normalized spacial score (nSPS) is 13.6. The lowest BCUT2D eigenvalue weighted by Crippen LogP contribution is -2.35. The van der Waals surface area contributed by atoms with Gasteiger partial charge in [0.25, 0.3) is 11.5 Å². The van der Waals surface area contributed by atoms with E-state index in [2.05, 4.69) is 15.3 Å². The molecule has 1 aliphatic rings. The Bertz CT molecular complexity index is 999. The topological polar surface area (TPSA) is 79.8 Å². The zero-order chi connectivity index (χ0) is 18.1. The fourth-order valence-corrected chi connectivity index (χ4v) is 3.67. The maximum atomic E-state index is 12.5. The van der Waals surface area contributed by atoms with E-state index >= 15 is 0 Å². The predicted octanol–water partition coefficient (Wildman–Crippen LogP) is 2.11. The van der Waals surface area contributed by atoms with Gasteiger partial charge >= 0.3 is 0 Å². The van der Waals surface area contributed by atoms with Crippen molar-refractivity contribution in [2.45, 2.75) is 32.1 Å². The summed E-state index contributed by atoms with van der Waals surface area (Å²) in [7, 11) is 1.76. The molecule has 1 aromatic carbocycles. The minimum Gasteiger partial charge on any atom is -0.351 e. The van der Waals surface area contributed by atoms with Gasteiger partial charge in [0.15, 0.2) is 0 Å². The molecule has 0 bridgehead atoms. The number of carbonyl (C=O) groups is 1. The van der Waals surface area contributed by atoms with Crippen LogP contribution < -0.4 is 10.9 Å². The fraction of sp³-hybridized carbons (Fsp3) is 0.350. The number of rotatable bonds is 4. The van der Waals surface area contributed by atoms with Gasteiger partial charge in [-0.05, 0) is 49.4 Å². The van der Waals surface area contributed by atoms with Gasteiger partial charge in [-0.25, -0.2) is 4.98 Å². The summed E-state index contributed by atoms with van der Waals surface area (Å²) in [6, 6.07) is 9.61. The van der Waals surface area contributed by atoms with Gasteiger partial charge in [-0.1, -0.05) is 12.1 Å². The largest absolute Gasteiger partial charge is 0.351 e. The molecule has 0 fully saturated rings. The molecule has 2 aromatic heterocycles. The summed E-state index contributed by atoms with van der Waals surface area (Å²) in [5.74, 6) is 0.514. The summed E-state index contributed by atoms with van der Waals surface area (Å²) in [4.78, 5) is 32.8. The molecule has 0 unspecified atom stereocenters. The summed E-state index contributed by atoms with van der Waals surface area (Å²) in [6.45, 7) is 0.429. The molecule has 4 rings (SSSR count). The second-order valence-corrected chi connectivity index (χ2v) is 6.81. The van der Waals surface area contributed by atoms with Crippen molar-refractivity contribution >= 4 is 16.9 Å². The molecule has 0 aliphatic heterocycles. The molecule has 2 heterocycles. The first-order valence-electron chi connectivity index (χ1n) is 9.07. The molecule has 3 aromatic rings. The lowest BCUT2D eigenvalue weighted by atomic mass is 9.94. The Hall–Kier alpha value is -2.89. The quantitative estimate of drug-likeness (QED) is 0.756. The Morgan fingerprint density at radius 2 is 2.08 bits per heavy atom. The monoisotopic (exact) mass is 350 g/mol. The van der Waals surface area contributed by atoms with Gasteiger partial charge in [-0.2, -0.15) is 0 Å². The highest BCUT2D eigenvalue weighted by atomic mass is 16.2. The molecule has 26 heavy (non-hydrogen) atoms. The second-order valence-electron chi connectivity index (χ2n) is 6.81. The predicted molar refractivity (Wildman–Crippen MR) is 100 cm³/mol. The summed E-state index contributed by atoms with van der Waals surface area (Å²) in [5, 5.41) is 2.85. The number of amides is 1. The molecule has 1 amide bonds. The molecule has 6 heteroatoms. The number of H-pyrrole nitrogens is 1. The third kappa shape index (κ3) is 3.03. The van der Waals surface area contributed by atoms with Crippen LogP contribution in [0.2, 0.25) is 0 Å². The van der Waals surface area contributed by atoms with Crippen LogP contribution in [0.15, 0.2) is 35.1 Å². The van der Waals surface area contributed by atoms with Crippen molar-refractivity contribution in [2.75, 3.05) is 6.54 Å². The number of para-hydroxylation sites is 2. The van der Waals surface area contributed by atoms with Crippen molar-refractivity contribution in [1.82, 2.24) is 19.9 Å². The van der Waals surface area contributed by atoms with E-state index in [4.69, 9.17) is 0 Å². The third-order valence-corrected chi connectivity index (χ3v) is 5.07. The highest BCUT2D eigenvalue weighted by Crippen LogP contribution is 2.20. The number of aryl methyl sites for hydroxylation is 1. The first-order chi connectivity index (χ1) is 12.6. The summed E-state index contributed by atoms with van der Waals surface area (Å²) >= 11 is 0. The lowest BCUT2D eigenvalue weighted by molar-refractivity contribution is 0.0951. The molecule has 0 radical (unpaired) electrons. The Labute approximate surface area is 151 Å². The smallest absolute Gasteiger partial charge is 0.263 e. The third-order valence-electron chi connectivity index (χ3n) is 5.07. The summed E-state index contributed by atoms with van der Waals surface area (Å²) in [5.41, 5.74) is 4.11. The Kier molecular flexibility index (Phi) is 4.32. The van der Waals surface area contributed by atoms with Crippen LogP contribution in [0.25, 0.3) is 11.0 Å². The second kappa shape index (κ2) is 6.78. The number of aromatic amines is 1. The van der Waals surface area contributed by atoms with Crippen LogP contribution in [0.4, 0.5) is 0 Å². The van der Waals surface area contributed by atoms with Crippen LogP contribution in [0.3, 0.4) is 0 Å². The SMILES string of the molecule is Cn1c2c(cc(C(=O)NCCc3nc4ccccc4[nH]3)c1=O)CCCC2. The number of nitrogens with zero attached hydrogens (tertiary/aromatic N) is 2. The van der Waals surface area contributed by atoms with E-state index in [0.29, 0.717) is 13.0 Å². The van der Waals surface area contributed by atoms with E-state index < -0.39 is 0 Å². The molecule has 0 saturated carbocycles. The lowest BCUT2D eigenvalue weighted by Gasteiger charge is -2.20. The van der Waals surface area contributed by atoms with Gasteiger partial charge < -0.3 is 14.9 Å². The minimum atomic E-state index is -0.310. The highest BCUT2D eigenvalue weighted by molar-refractivity contribution is 5.94. The Morgan fingerprint density at radius 1 is 1.27 bits per heavy atom. The number of pyridine rings is 1. The van der Waals surface area contributed by atoms with Gasteiger partial charge in [-0.3, -0.25) is 9.59 Å². The average Bonchev–Trinajstić information content (AvgIpc) is 3.07. The molecule has 6 nitrogen and oxygen atoms in total. The number of hydrogen-bond acceptors (Lipinski definition) is 3. The molecule has 0 spiro atoms. The van der Waals surface area contributed by atoms with Crippen molar-refractivity contribution in [3.05, 3.63) is 63.3 Å². The first-order valence-corrected chi connectivity index (χ1v) is 9.07. The van der Waals surface area contributed by atoms with Crippen LogP contribution in [0.1, 0.15) is 40.3 Å². The van der Waals surface area contributed by atoms with Crippen molar-refractivity contribution in [1.29, 1.82) is 0 Å². The molecule has 2 N–H and O–H groups in total. The number of aromatic nitrogens is 3. The van der Waals surface area contributed by atoms with Crippen LogP contribution in [0.5, 0.6) is 0 Å². The number of carbonyl (C=O) groups excluding carboxylic acids is 1. The fourth-order valence-electron chi connectivity index (χ4n) is 3.67. The highest BCUT2D eigenvalue weighted by Gasteiger charge is 2.19. The number of benzene rings is 1. The van der Waals surface area contributed by atoms with Crippen LogP contribution in [-0.4, -0.2) is 27.0 Å². The van der Waals surface area contributed by atoms with Crippen molar-refractivity contribution in [3.8, 4) is 0 Å². The van der Waals surface area contributed by atoms with E-state index in [1.807, 2.05) is 24.3 Å². The number of nitrogens with one attached hydrogen (secondary N) is 2. The van der Waals surface area contributed by atoms with Crippen molar-refractivity contribution < 1.29 is 4.79 Å². The van der Waals surface area contributed by atoms with E-state index in [0.717, 1.165) is 53.8 Å². The van der Waals surface area contributed by atoms with Crippen LogP contribution in [-0.2, 0) is 26.3 Å². The molecular weight excluding hydrogens is 328 g/mol. The van der Waals surface area contributed by atoms with Crippen molar-refractivity contribution in [3.63, 3.8) is 0 Å². The minimum absolute atomic E-state index is 0.216. The number of hydrogen-bond donors (Lipinski definition) is 2. The van der Waals surface area contributed by atoms with Crippen molar-refractivity contribution in [2.24, 2.45) is 7.05 Å². The molecule has 0 saturated heterocycles. The standard InChI is InChI=1S/C20H22N4O2/c1-24-17-9-5-2-6-13(17)12-14(20(24)26)19(25)21-11-10-18-22-15-7-3-4-8-16(15)23-18/h3-4,7-8,12H,2,5-6,9-11H2,1H3,(H,21,25)(H,22,23). The molecule has 134 valence electrons. The average molecular weight is 350 g/mol. The van der Waals surface area contributed by atoms with E-state index in [-0.39, 0.29) is 17.0 Å². The maximum Gasteiger partial charge on any atom is 0.263 e. The number of imidazole rings is 1. The Balaban J connectivity index is 1.46. The Morgan fingerprint density at radius 3 is 2.92 bits per heavy atom. The molecule has 0 atom stereocenters. The van der Waals surface area contributed by atoms with E-state index in [9.17, 15) is 9.59 Å². The first kappa shape index (κ1) is 16.6. The van der Waals surface area contributed by atoms with Gasteiger partial charge in [0.05, 0.1) is 11.0 Å². The van der Waals surface area contributed by atoms with Gasteiger partial charge in [-0.15, -0.1) is 0 Å². The van der Waals surface area contributed by atoms with Gasteiger partial charge in [0.2, 0.25) is 0 Å². The summed E-state index contributed by atoms with van der Waals surface area (Å²) in [6.07, 6.45) is 4.64. The summed E-state index contributed by atoms with van der Waals surface area (Å²) < 4.78 is 1.64. The zero-order valence-corrected chi connectivity index (χ0v) is 14.8. The van der Waals surface area contributed by atoms with Crippen LogP contribution >= 0.6 is 0 Å². The molecule has 1 aliphatic carbocycles. The van der Waals surface area contributed by atoms with Gasteiger partial charge in [0, 0.05) is 25.7 Å². The van der Waals surface area contributed by atoms with E-state index in [1.165, 1.54) is 0 Å².